The van der Waals surface area contributed by atoms with E-state index in [9.17, 15) is 9.59 Å². The molecule has 1 amide bonds. The first-order valence-electron chi connectivity index (χ1n) is 9.85. The molecule has 32 heavy (non-hydrogen) atoms. The van der Waals surface area contributed by atoms with Gasteiger partial charge in [0.25, 0.3) is 0 Å². The largest absolute Gasteiger partial charge is 0.478 e. The molecule has 1 aromatic heterocycles. The van der Waals surface area contributed by atoms with Gasteiger partial charge in [-0.3, -0.25) is 9.36 Å². The maximum atomic E-state index is 12.5. The van der Waals surface area contributed by atoms with Crippen LogP contribution in [0, 0.1) is 6.92 Å². The van der Waals surface area contributed by atoms with E-state index in [4.69, 9.17) is 5.11 Å². The molecule has 160 valence electrons. The molecule has 0 aliphatic rings. The number of amides is 1. The molecule has 4 aromatic rings. The van der Waals surface area contributed by atoms with Crippen LogP contribution in [0.1, 0.15) is 15.9 Å². The molecule has 0 saturated heterocycles. The van der Waals surface area contributed by atoms with Crippen molar-refractivity contribution in [2.75, 3.05) is 11.1 Å². The number of hydrogen-bond acceptors (Lipinski definition) is 5. The topological polar surface area (TPSA) is 97.1 Å². The Bertz CT molecular complexity index is 1250. The lowest BCUT2D eigenvalue weighted by molar-refractivity contribution is -0.113. The Morgan fingerprint density at radius 1 is 0.969 bits per heavy atom. The summed E-state index contributed by atoms with van der Waals surface area (Å²) in [6.45, 7) is 2.02. The van der Waals surface area contributed by atoms with Crippen LogP contribution < -0.4 is 5.32 Å². The lowest BCUT2D eigenvalue weighted by Gasteiger charge is -2.11. The summed E-state index contributed by atoms with van der Waals surface area (Å²) in [5.74, 6) is -0.410. The van der Waals surface area contributed by atoms with Gasteiger partial charge in [-0.25, -0.2) is 4.79 Å². The fraction of sp³-hybridized carbons (Fsp3) is 0.0833. The highest BCUT2D eigenvalue weighted by Crippen LogP contribution is 2.28. The number of aromatic nitrogens is 3. The van der Waals surface area contributed by atoms with Crippen LogP contribution in [0.4, 0.5) is 5.69 Å². The molecular formula is C24H20N4O3S. The van der Waals surface area contributed by atoms with Crippen molar-refractivity contribution in [3.63, 3.8) is 0 Å². The number of anilines is 1. The van der Waals surface area contributed by atoms with Crippen molar-refractivity contribution in [2.45, 2.75) is 12.1 Å². The molecule has 1 heterocycles. The highest BCUT2D eigenvalue weighted by molar-refractivity contribution is 7.99. The molecule has 0 unspecified atom stereocenters. The minimum atomic E-state index is -1.01. The standard InChI is InChI=1S/C24H20N4O3S/c1-16-6-5-7-18(14-16)22-26-27-24(28(22)20-8-3-2-4-9-20)32-15-21(29)25-19-12-10-17(11-13-19)23(30)31/h2-14H,15H2,1H3,(H,25,29)(H,30,31). The molecule has 4 rings (SSSR count). The van der Waals surface area contributed by atoms with E-state index in [1.54, 1.807) is 12.1 Å². The third kappa shape index (κ3) is 4.87. The zero-order valence-corrected chi connectivity index (χ0v) is 18.0. The van der Waals surface area contributed by atoms with Crippen molar-refractivity contribution >= 4 is 29.3 Å². The van der Waals surface area contributed by atoms with E-state index in [2.05, 4.69) is 15.5 Å². The zero-order chi connectivity index (χ0) is 22.5. The molecule has 0 aliphatic heterocycles. The molecule has 0 fully saturated rings. The van der Waals surface area contributed by atoms with E-state index < -0.39 is 5.97 Å². The van der Waals surface area contributed by atoms with Gasteiger partial charge < -0.3 is 10.4 Å². The molecule has 0 atom stereocenters. The van der Waals surface area contributed by atoms with Crippen molar-refractivity contribution < 1.29 is 14.7 Å². The Morgan fingerprint density at radius 2 is 1.72 bits per heavy atom. The first kappa shape index (κ1) is 21.3. The molecule has 0 bridgehead atoms. The van der Waals surface area contributed by atoms with Gasteiger partial charge in [-0.2, -0.15) is 0 Å². The molecule has 0 aliphatic carbocycles. The lowest BCUT2D eigenvalue weighted by Crippen LogP contribution is -2.14. The van der Waals surface area contributed by atoms with Crippen LogP contribution in [0.5, 0.6) is 0 Å². The molecule has 2 N–H and O–H groups in total. The van der Waals surface area contributed by atoms with Crippen LogP contribution >= 0.6 is 11.8 Å². The summed E-state index contributed by atoms with van der Waals surface area (Å²) >= 11 is 1.28. The monoisotopic (exact) mass is 444 g/mol. The van der Waals surface area contributed by atoms with E-state index >= 15 is 0 Å². The molecule has 8 heteroatoms. The first-order chi connectivity index (χ1) is 15.5. The van der Waals surface area contributed by atoms with E-state index in [1.165, 1.54) is 23.9 Å². The number of carbonyl (C=O) groups is 2. The Morgan fingerprint density at radius 3 is 2.41 bits per heavy atom. The molecule has 7 nitrogen and oxygen atoms in total. The van der Waals surface area contributed by atoms with Gasteiger partial charge in [-0.05, 0) is 49.4 Å². The van der Waals surface area contributed by atoms with Crippen LogP contribution in [0.3, 0.4) is 0 Å². The number of nitrogens with one attached hydrogen (secondary N) is 1. The van der Waals surface area contributed by atoms with Crippen LogP contribution in [0.2, 0.25) is 0 Å². The third-order valence-corrected chi connectivity index (χ3v) is 5.60. The maximum absolute atomic E-state index is 12.5. The summed E-state index contributed by atoms with van der Waals surface area (Å²) in [6.07, 6.45) is 0. The van der Waals surface area contributed by atoms with E-state index in [-0.39, 0.29) is 17.2 Å². The van der Waals surface area contributed by atoms with Gasteiger partial charge in [0.15, 0.2) is 11.0 Å². The van der Waals surface area contributed by atoms with Gasteiger partial charge >= 0.3 is 5.97 Å². The van der Waals surface area contributed by atoms with Crippen molar-refractivity contribution in [2.24, 2.45) is 0 Å². The van der Waals surface area contributed by atoms with Gasteiger partial charge in [0.1, 0.15) is 0 Å². The fourth-order valence-electron chi connectivity index (χ4n) is 3.17. The molecule has 0 radical (unpaired) electrons. The third-order valence-electron chi connectivity index (χ3n) is 4.67. The Hall–Kier alpha value is -3.91. The highest BCUT2D eigenvalue weighted by Gasteiger charge is 2.17. The molecule has 3 aromatic carbocycles. The predicted molar refractivity (Wildman–Crippen MR) is 124 cm³/mol. The van der Waals surface area contributed by atoms with Gasteiger partial charge in [0, 0.05) is 16.9 Å². The second-order valence-corrected chi connectivity index (χ2v) is 8.01. The summed E-state index contributed by atoms with van der Waals surface area (Å²) in [5, 5.41) is 21.1. The molecular weight excluding hydrogens is 424 g/mol. The lowest BCUT2D eigenvalue weighted by atomic mass is 10.1. The Balaban J connectivity index is 1.54. The summed E-state index contributed by atoms with van der Waals surface area (Å²) in [5.41, 5.74) is 3.66. The van der Waals surface area contributed by atoms with Gasteiger partial charge in [0.05, 0.1) is 11.3 Å². The minimum absolute atomic E-state index is 0.124. The van der Waals surface area contributed by atoms with E-state index in [0.717, 1.165) is 16.8 Å². The normalized spacial score (nSPS) is 10.7. The highest BCUT2D eigenvalue weighted by atomic mass is 32.2. The number of aromatic carboxylic acids is 1. The number of thioether (sulfide) groups is 1. The SMILES string of the molecule is Cc1cccc(-c2nnc(SCC(=O)Nc3ccc(C(=O)O)cc3)n2-c2ccccc2)c1. The zero-order valence-electron chi connectivity index (χ0n) is 17.2. The van der Waals surface area contributed by atoms with Gasteiger partial charge in [-0.15, -0.1) is 10.2 Å². The van der Waals surface area contributed by atoms with Crippen molar-refractivity contribution in [1.29, 1.82) is 0 Å². The average molecular weight is 445 g/mol. The van der Waals surface area contributed by atoms with Crippen LogP contribution in [0.15, 0.2) is 84.0 Å². The van der Waals surface area contributed by atoms with Crippen LogP contribution in [-0.4, -0.2) is 37.5 Å². The molecule has 0 spiro atoms. The Labute approximate surface area is 189 Å². The summed E-state index contributed by atoms with van der Waals surface area (Å²) in [4.78, 5) is 23.4. The Kier molecular flexibility index (Phi) is 6.32. The number of carboxylic acids is 1. The number of benzene rings is 3. The van der Waals surface area contributed by atoms with Crippen LogP contribution in [0.25, 0.3) is 17.1 Å². The smallest absolute Gasteiger partial charge is 0.335 e. The number of aryl methyl sites for hydroxylation is 1. The quantitative estimate of drug-likeness (QED) is 0.402. The number of hydrogen-bond donors (Lipinski definition) is 2. The number of carboxylic acid groups (broad SMARTS) is 1. The second-order valence-electron chi connectivity index (χ2n) is 7.07. The molecule has 0 saturated carbocycles. The van der Waals surface area contributed by atoms with Crippen molar-refractivity contribution in [3.05, 3.63) is 90.0 Å². The van der Waals surface area contributed by atoms with E-state index in [1.807, 2.05) is 66.1 Å². The number of rotatable bonds is 7. The van der Waals surface area contributed by atoms with E-state index in [0.29, 0.717) is 16.7 Å². The first-order valence-corrected chi connectivity index (χ1v) is 10.8. The summed E-state index contributed by atoms with van der Waals surface area (Å²) < 4.78 is 1.94. The average Bonchev–Trinajstić information content (AvgIpc) is 3.23. The van der Waals surface area contributed by atoms with Crippen molar-refractivity contribution in [1.82, 2.24) is 14.8 Å². The van der Waals surface area contributed by atoms with Crippen LogP contribution in [-0.2, 0) is 4.79 Å². The number of nitrogens with zero attached hydrogens (tertiary/aromatic N) is 3. The van der Waals surface area contributed by atoms with Crippen molar-refractivity contribution in [3.8, 4) is 17.1 Å². The maximum Gasteiger partial charge on any atom is 0.335 e. The number of carbonyl (C=O) groups excluding carboxylic acids is 1. The van der Waals surface area contributed by atoms with Gasteiger partial charge in [-0.1, -0.05) is 53.7 Å². The minimum Gasteiger partial charge on any atom is -0.478 e. The second kappa shape index (κ2) is 9.49. The summed E-state index contributed by atoms with van der Waals surface area (Å²) in [6, 6.07) is 23.8. The summed E-state index contributed by atoms with van der Waals surface area (Å²) in [7, 11) is 0. The fourth-order valence-corrected chi connectivity index (χ4v) is 3.92. The van der Waals surface area contributed by atoms with Gasteiger partial charge in [0.2, 0.25) is 5.91 Å². The predicted octanol–water partition coefficient (Wildman–Crippen LogP) is 4.67. The number of para-hydroxylation sites is 1.